The van der Waals surface area contributed by atoms with E-state index in [-0.39, 0.29) is 11.6 Å². The molecular weight excluding hydrogens is 436 g/mol. The van der Waals surface area contributed by atoms with Crippen molar-refractivity contribution in [2.24, 2.45) is 0 Å². The summed E-state index contributed by atoms with van der Waals surface area (Å²) in [7, 11) is 0. The predicted octanol–water partition coefficient (Wildman–Crippen LogP) is 5.08. The van der Waals surface area contributed by atoms with Crippen LogP contribution in [0.2, 0.25) is 0 Å². The maximum atomic E-state index is 13.2. The van der Waals surface area contributed by atoms with Crippen LogP contribution in [0.25, 0.3) is 10.9 Å². The van der Waals surface area contributed by atoms with Gasteiger partial charge in [0.15, 0.2) is 5.82 Å². The number of rotatable bonds is 8. The van der Waals surface area contributed by atoms with Gasteiger partial charge in [-0.1, -0.05) is 56.2 Å². The Morgan fingerprint density at radius 3 is 2.63 bits per heavy atom. The summed E-state index contributed by atoms with van der Waals surface area (Å²) in [5.74, 6) is 0.868. The minimum atomic E-state index is -0.00997. The molecule has 0 spiro atoms. The monoisotopic (exact) mass is 470 g/mol. The van der Waals surface area contributed by atoms with E-state index in [2.05, 4.69) is 76.5 Å². The van der Waals surface area contributed by atoms with Crippen LogP contribution in [0.5, 0.6) is 0 Å². The average Bonchev–Trinajstić information content (AvgIpc) is 3.53. The fourth-order valence-electron chi connectivity index (χ4n) is 5.64. The molecule has 2 aromatic carbocycles. The average molecular weight is 471 g/mol. The first-order valence-corrected chi connectivity index (χ1v) is 12.7. The number of nitrogens with zero attached hydrogens (tertiary/aromatic N) is 5. The highest BCUT2D eigenvalue weighted by molar-refractivity contribution is 5.83. The smallest absolute Gasteiger partial charge is 0.252 e. The SMILES string of the molecule is CC[C@H](c1nnnn1Cc1ccccc1)N(Cc1cc2c(C)cc(C)cc2[nH]c1=O)C1CCCC1. The number of pyridine rings is 1. The Labute approximate surface area is 206 Å². The second-order valence-electron chi connectivity index (χ2n) is 9.88. The fourth-order valence-corrected chi connectivity index (χ4v) is 5.64. The number of hydrogen-bond donors (Lipinski definition) is 1. The van der Waals surface area contributed by atoms with Crippen molar-refractivity contribution in [2.45, 2.75) is 78.0 Å². The van der Waals surface area contributed by atoms with Gasteiger partial charge in [-0.3, -0.25) is 9.69 Å². The molecule has 0 saturated heterocycles. The highest BCUT2D eigenvalue weighted by Gasteiger charge is 2.32. The number of H-pyrrole nitrogens is 1. The third-order valence-corrected chi connectivity index (χ3v) is 7.36. The number of aromatic amines is 1. The van der Waals surface area contributed by atoms with Crippen molar-refractivity contribution < 1.29 is 0 Å². The van der Waals surface area contributed by atoms with Crippen LogP contribution >= 0.6 is 0 Å². The molecule has 0 amide bonds. The third-order valence-electron chi connectivity index (χ3n) is 7.36. The molecular formula is C28H34N6O. The molecule has 0 aliphatic heterocycles. The number of benzene rings is 2. The van der Waals surface area contributed by atoms with Crippen LogP contribution in [0.4, 0.5) is 0 Å². The van der Waals surface area contributed by atoms with Crippen LogP contribution in [-0.2, 0) is 13.1 Å². The summed E-state index contributed by atoms with van der Waals surface area (Å²) in [6.45, 7) is 7.57. The van der Waals surface area contributed by atoms with E-state index < -0.39 is 0 Å². The highest BCUT2D eigenvalue weighted by atomic mass is 16.1. The zero-order valence-corrected chi connectivity index (χ0v) is 20.9. The lowest BCUT2D eigenvalue weighted by atomic mass is 10.0. The van der Waals surface area contributed by atoms with E-state index in [1.807, 2.05) is 22.9 Å². The van der Waals surface area contributed by atoms with E-state index >= 15 is 0 Å². The lowest BCUT2D eigenvalue weighted by Crippen LogP contribution is -2.39. The molecule has 1 saturated carbocycles. The van der Waals surface area contributed by atoms with Gasteiger partial charge in [0.2, 0.25) is 0 Å². The largest absolute Gasteiger partial charge is 0.322 e. The number of fused-ring (bicyclic) bond motifs is 1. The first kappa shape index (κ1) is 23.4. The molecule has 0 radical (unpaired) electrons. The topological polar surface area (TPSA) is 79.7 Å². The zero-order valence-electron chi connectivity index (χ0n) is 20.9. The number of aryl methyl sites for hydroxylation is 2. The second-order valence-corrected chi connectivity index (χ2v) is 9.88. The van der Waals surface area contributed by atoms with Crippen LogP contribution in [0.1, 0.15) is 73.1 Å². The Bertz CT molecular complexity index is 1350. The maximum absolute atomic E-state index is 13.2. The molecule has 7 nitrogen and oxygen atoms in total. The Kier molecular flexibility index (Phi) is 6.77. The van der Waals surface area contributed by atoms with Crippen LogP contribution in [-0.4, -0.2) is 36.1 Å². The Balaban J connectivity index is 1.51. The number of tetrazole rings is 1. The highest BCUT2D eigenvalue weighted by Crippen LogP contribution is 2.34. The van der Waals surface area contributed by atoms with E-state index in [0.717, 1.165) is 47.1 Å². The molecule has 0 unspecified atom stereocenters. The second kappa shape index (κ2) is 10.1. The van der Waals surface area contributed by atoms with Gasteiger partial charge in [-0.15, -0.1) is 5.10 Å². The molecule has 1 N–H and O–H groups in total. The number of aromatic nitrogens is 5. The van der Waals surface area contributed by atoms with Crippen LogP contribution in [0.3, 0.4) is 0 Å². The first-order valence-electron chi connectivity index (χ1n) is 12.7. The predicted molar refractivity (Wildman–Crippen MR) is 138 cm³/mol. The molecule has 35 heavy (non-hydrogen) atoms. The van der Waals surface area contributed by atoms with Crippen molar-refractivity contribution >= 4 is 10.9 Å². The summed E-state index contributed by atoms with van der Waals surface area (Å²) < 4.78 is 1.92. The summed E-state index contributed by atoms with van der Waals surface area (Å²) in [5, 5.41) is 14.0. The Morgan fingerprint density at radius 1 is 1.11 bits per heavy atom. The van der Waals surface area contributed by atoms with E-state index in [0.29, 0.717) is 19.1 Å². The van der Waals surface area contributed by atoms with E-state index in [9.17, 15) is 4.79 Å². The summed E-state index contributed by atoms with van der Waals surface area (Å²) >= 11 is 0. The standard InChI is InChI=1S/C28H34N6O/c1-4-26(27-30-31-32-34(27)17-21-10-6-5-7-11-21)33(23-12-8-9-13-23)18-22-16-24-20(3)14-19(2)15-25(24)29-28(22)35/h5-7,10-11,14-16,23,26H,4,8-9,12-13,17-18H2,1-3H3,(H,29,35)/t26-/m1/s1. The number of hydrogen-bond acceptors (Lipinski definition) is 5. The van der Waals surface area contributed by atoms with Crippen LogP contribution < -0.4 is 5.56 Å². The lowest BCUT2D eigenvalue weighted by Gasteiger charge is -2.35. The van der Waals surface area contributed by atoms with Crippen LogP contribution in [0, 0.1) is 13.8 Å². The molecule has 1 fully saturated rings. The molecule has 1 aliphatic carbocycles. The first-order chi connectivity index (χ1) is 17.0. The molecule has 1 aliphatic rings. The minimum Gasteiger partial charge on any atom is -0.322 e. The summed E-state index contributed by atoms with van der Waals surface area (Å²) in [6, 6.07) is 17.0. The molecule has 5 rings (SSSR count). The van der Waals surface area contributed by atoms with E-state index in [1.165, 1.54) is 24.0 Å². The van der Waals surface area contributed by atoms with Crippen molar-refractivity contribution in [3.63, 3.8) is 0 Å². The molecule has 2 aromatic heterocycles. The van der Waals surface area contributed by atoms with Gasteiger partial charge in [0, 0.05) is 29.1 Å². The summed E-state index contributed by atoms with van der Waals surface area (Å²) in [5.41, 5.74) is 5.20. The molecule has 1 atom stereocenters. The van der Waals surface area contributed by atoms with Gasteiger partial charge in [-0.25, -0.2) is 4.68 Å². The zero-order chi connectivity index (χ0) is 24.4. The van der Waals surface area contributed by atoms with Gasteiger partial charge in [-0.2, -0.15) is 0 Å². The molecule has 0 bridgehead atoms. The van der Waals surface area contributed by atoms with Crippen molar-refractivity contribution in [2.75, 3.05) is 0 Å². The lowest BCUT2D eigenvalue weighted by molar-refractivity contribution is 0.112. The quantitative estimate of drug-likeness (QED) is 0.389. The molecule has 4 aromatic rings. The van der Waals surface area contributed by atoms with Gasteiger partial charge >= 0.3 is 0 Å². The van der Waals surface area contributed by atoms with Gasteiger partial charge in [0.1, 0.15) is 0 Å². The number of nitrogens with one attached hydrogen (secondary N) is 1. The van der Waals surface area contributed by atoms with Crippen molar-refractivity contribution in [1.82, 2.24) is 30.1 Å². The van der Waals surface area contributed by atoms with E-state index in [1.54, 1.807) is 0 Å². The van der Waals surface area contributed by atoms with Crippen LogP contribution in [0.15, 0.2) is 53.3 Å². The Morgan fingerprint density at radius 2 is 1.89 bits per heavy atom. The van der Waals surface area contributed by atoms with Crippen molar-refractivity contribution in [3.8, 4) is 0 Å². The van der Waals surface area contributed by atoms with E-state index in [4.69, 9.17) is 0 Å². The minimum absolute atomic E-state index is 0.00997. The van der Waals surface area contributed by atoms with Gasteiger partial charge in [0.25, 0.3) is 5.56 Å². The fraction of sp³-hybridized carbons (Fsp3) is 0.429. The maximum Gasteiger partial charge on any atom is 0.252 e. The third kappa shape index (κ3) is 4.91. The summed E-state index contributed by atoms with van der Waals surface area (Å²) in [6.07, 6.45) is 5.59. The van der Waals surface area contributed by atoms with Gasteiger partial charge in [0.05, 0.1) is 12.6 Å². The normalized spacial score (nSPS) is 15.3. The van der Waals surface area contributed by atoms with Crippen molar-refractivity contribution in [1.29, 1.82) is 0 Å². The van der Waals surface area contributed by atoms with Gasteiger partial charge < -0.3 is 4.98 Å². The van der Waals surface area contributed by atoms with Gasteiger partial charge in [-0.05, 0) is 72.4 Å². The Hall–Kier alpha value is -3.32. The molecule has 2 heterocycles. The molecule has 182 valence electrons. The van der Waals surface area contributed by atoms with Crippen molar-refractivity contribution in [3.05, 3.63) is 87.0 Å². The molecule has 7 heteroatoms. The summed E-state index contributed by atoms with van der Waals surface area (Å²) in [4.78, 5) is 18.8.